The van der Waals surface area contributed by atoms with Crippen LogP contribution in [0.15, 0.2) is 30.5 Å². The van der Waals surface area contributed by atoms with Crippen LogP contribution < -0.4 is 16.0 Å². The zero-order chi connectivity index (χ0) is 27.7. The summed E-state index contributed by atoms with van der Waals surface area (Å²) >= 11 is 0. The fourth-order valence-corrected chi connectivity index (χ4v) is 5.10. The summed E-state index contributed by atoms with van der Waals surface area (Å²) in [5, 5.41) is 19.2. The van der Waals surface area contributed by atoms with Crippen molar-refractivity contribution in [2.45, 2.75) is 65.0 Å². The topological polar surface area (TPSA) is 139 Å². The maximum atomic E-state index is 13.6. The van der Waals surface area contributed by atoms with Crippen LogP contribution in [0, 0.1) is 17.8 Å². The van der Waals surface area contributed by atoms with Gasteiger partial charge in [0.2, 0.25) is 11.8 Å². The highest BCUT2D eigenvalue weighted by atomic mass is 16.5. The predicted molar refractivity (Wildman–Crippen MR) is 144 cm³/mol. The van der Waals surface area contributed by atoms with Crippen LogP contribution in [0.5, 0.6) is 0 Å². The van der Waals surface area contributed by atoms with E-state index in [-0.39, 0.29) is 31.2 Å². The summed E-state index contributed by atoms with van der Waals surface area (Å²) < 4.78 is 6.77. The molecule has 10 nitrogen and oxygen atoms in total. The quantitative estimate of drug-likeness (QED) is 0.415. The van der Waals surface area contributed by atoms with Crippen LogP contribution in [0.2, 0.25) is 0 Å². The molecule has 10 heteroatoms. The van der Waals surface area contributed by atoms with Crippen molar-refractivity contribution >= 4 is 34.8 Å². The lowest BCUT2D eigenvalue weighted by Crippen LogP contribution is -2.52. The SMILES string of the molecule is COC(=O)NCC(C(=O)O)[C@@H](CC(C)C)C(=O)N[C@H]1Cc2cn(c3ccccc23)CCCCCCNC1=O. The molecule has 1 aliphatic rings. The van der Waals surface area contributed by atoms with Crippen LogP contribution in [-0.4, -0.2) is 59.8 Å². The highest BCUT2D eigenvalue weighted by Crippen LogP contribution is 2.25. The molecular weight excluding hydrogens is 488 g/mol. The number of hydrogen-bond donors (Lipinski definition) is 4. The summed E-state index contributed by atoms with van der Waals surface area (Å²) in [5.74, 6) is -4.15. The number of carboxylic acid groups (broad SMARTS) is 1. The lowest BCUT2D eigenvalue weighted by Gasteiger charge is -2.27. The number of nitrogens with zero attached hydrogens (tertiary/aromatic N) is 1. The number of benzene rings is 1. The van der Waals surface area contributed by atoms with Gasteiger partial charge in [0.25, 0.3) is 0 Å². The number of aromatic nitrogens is 1. The van der Waals surface area contributed by atoms with Crippen molar-refractivity contribution in [3.63, 3.8) is 0 Å². The maximum absolute atomic E-state index is 13.6. The molecule has 38 heavy (non-hydrogen) atoms. The van der Waals surface area contributed by atoms with Gasteiger partial charge in [0, 0.05) is 43.2 Å². The summed E-state index contributed by atoms with van der Waals surface area (Å²) in [7, 11) is 1.19. The van der Waals surface area contributed by atoms with E-state index in [1.54, 1.807) is 0 Å². The number of carbonyl (C=O) groups is 4. The Bertz CT molecular complexity index is 1130. The zero-order valence-corrected chi connectivity index (χ0v) is 22.5. The van der Waals surface area contributed by atoms with Crippen molar-refractivity contribution in [2.75, 3.05) is 20.2 Å². The van der Waals surface area contributed by atoms with Crippen molar-refractivity contribution in [3.05, 3.63) is 36.0 Å². The summed E-state index contributed by atoms with van der Waals surface area (Å²) in [4.78, 5) is 50.6. The number of methoxy groups -OCH3 is 1. The van der Waals surface area contributed by atoms with Crippen molar-refractivity contribution < 1.29 is 29.0 Å². The van der Waals surface area contributed by atoms with Crippen LogP contribution in [0.25, 0.3) is 10.9 Å². The first-order valence-electron chi connectivity index (χ1n) is 13.4. The molecule has 1 aliphatic heterocycles. The third-order valence-corrected chi connectivity index (χ3v) is 7.07. The normalized spacial score (nSPS) is 18.3. The second-order valence-electron chi connectivity index (χ2n) is 10.4. The van der Waals surface area contributed by atoms with Crippen molar-refractivity contribution in [1.29, 1.82) is 0 Å². The van der Waals surface area contributed by atoms with E-state index in [1.165, 1.54) is 7.11 Å². The van der Waals surface area contributed by atoms with Gasteiger partial charge in [0.15, 0.2) is 0 Å². The van der Waals surface area contributed by atoms with E-state index in [9.17, 15) is 24.3 Å². The number of rotatable bonds is 8. The molecule has 1 aromatic carbocycles. The number of hydrogen-bond acceptors (Lipinski definition) is 5. The molecule has 0 aliphatic carbocycles. The van der Waals surface area contributed by atoms with Gasteiger partial charge in [-0.15, -0.1) is 0 Å². The third-order valence-electron chi connectivity index (χ3n) is 7.07. The van der Waals surface area contributed by atoms with Crippen LogP contribution in [-0.2, 0) is 32.1 Å². The number of aliphatic carboxylic acids is 1. The van der Waals surface area contributed by atoms with Gasteiger partial charge >= 0.3 is 12.1 Å². The summed E-state index contributed by atoms with van der Waals surface area (Å²) in [6.45, 7) is 4.92. The first-order valence-corrected chi connectivity index (χ1v) is 13.4. The number of amides is 3. The Morgan fingerprint density at radius 2 is 1.87 bits per heavy atom. The van der Waals surface area contributed by atoms with Gasteiger partial charge in [-0.25, -0.2) is 4.79 Å². The standard InChI is InChI=1S/C28H40N4O6/c1-18(2)14-21(22(27(35)36)16-30-28(37)38-3)25(33)31-23-15-19-17-32(24-11-7-6-10-20(19)24)13-9-5-4-8-12-29-26(23)34/h6-7,10-11,17-18,21-23H,4-5,8-9,12-16H2,1-3H3,(H,29,34)(H,30,37)(H,31,33)(H,35,36)/t21-,22?,23+/m1/s1. The second kappa shape index (κ2) is 13.8. The predicted octanol–water partition coefficient (Wildman–Crippen LogP) is 3.08. The Labute approximate surface area is 223 Å². The number of para-hydroxylation sites is 1. The molecule has 1 aromatic heterocycles. The van der Waals surface area contributed by atoms with Gasteiger partial charge in [-0.3, -0.25) is 14.4 Å². The smallest absolute Gasteiger partial charge is 0.406 e. The molecule has 0 fully saturated rings. The highest BCUT2D eigenvalue weighted by molar-refractivity contribution is 5.92. The van der Waals surface area contributed by atoms with E-state index in [1.807, 2.05) is 32.0 Å². The number of carboxylic acids is 1. The highest BCUT2D eigenvalue weighted by Gasteiger charge is 2.36. The number of nitrogens with one attached hydrogen (secondary N) is 3. The first kappa shape index (κ1) is 29.0. The molecule has 0 spiro atoms. The second-order valence-corrected chi connectivity index (χ2v) is 10.4. The van der Waals surface area contributed by atoms with E-state index in [0.717, 1.165) is 48.7 Å². The fourth-order valence-electron chi connectivity index (χ4n) is 5.10. The van der Waals surface area contributed by atoms with E-state index in [4.69, 9.17) is 0 Å². The third kappa shape index (κ3) is 7.72. The molecule has 3 atom stereocenters. The minimum atomic E-state index is -1.20. The van der Waals surface area contributed by atoms with Crippen molar-refractivity contribution in [2.24, 2.45) is 17.8 Å². The number of alkyl carbamates (subject to hydrolysis) is 1. The maximum Gasteiger partial charge on any atom is 0.406 e. The molecule has 4 N–H and O–H groups in total. The monoisotopic (exact) mass is 528 g/mol. The van der Waals surface area contributed by atoms with E-state index < -0.39 is 35.8 Å². The molecule has 2 heterocycles. The van der Waals surface area contributed by atoms with Crippen molar-refractivity contribution in [3.8, 4) is 0 Å². The van der Waals surface area contributed by atoms with Crippen LogP contribution >= 0.6 is 0 Å². The molecular formula is C28H40N4O6. The summed E-state index contributed by atoms with van der Waals surface area (Å²) in [6.07, 6.45) is 5.78. The summed E-state index contributed by atoms with van der Waals surface area (Å²) in [6, 6.07) is 7.15. The average molecular weight is 529 g/mol. The molecule has 2 aromatic rings. The molecule has 0 saturated heterocycles. The molecule has 3 rings (SSSR count). The molecule has 2 bridgehead atoms. The van der Waals surface area contributed by atoms with E-state index in [2.05, 4.69) is 37.5 Å². The Balaban J connectivity index is 1.90. The average Bonchev–Trinajstić information content (AvgIpc) is 3.23. The summed E-state index contributed by atoms with van der Waals surface area (Å²) in [5.41, 5.74) is 2.03. The molecule has 0 radical (unpaired) electrons. The zero-order valence-electron chi connectivity index (χ0n) is 22.5. The Morgan fingerprint density at radius 1 is 1.13 bits per heavy atom. The first-order chi connectivity index (χ1) is 18.2. The van der Waals surface area contributed by atoms with Gasteiger partial charge in [0.05, 0.1) is 18.9 Å². The lowest BCUT2D eigenvalue weighted by molar-refractivity contribution is -0.147. The number of carbonyl (C=O) groups excluding carboxylic acids is 3. The molecule has 0 saturated carbocycles. The van der Waals surface area contributed by atoms with E-state index >= 15 is 0 Å². The van der Waals surface area contributed by atoms with Crippen LogP contribution in [0.4, 0.5) is 4.79 Å². The number of ether oxygens (including phenoxy) is 1. The Kier molecular flexibility index (Phi) is 10.6. The van der Waals surface area contributed by atoms with Gasteiger partial charge in [-0.2, -0.15) is 0 Å². The Morgan fingerprint density at radius 3 is 2.58 bits per heavy atom. The van der Waals surface area contributed by atoms with Gasteiger partial charge in [-0.05, 0) is 36.8 Å². The number of aryl methyl sites for hydroxylation is 1. The van der Waals surface area contributed by atoms with Gasteiger partial charge in [-0.1, -0.05) is 44.9 Å². The van der Waals surface area contributed by atoms with Crippen molar-refractivity contribution in [1.82, 2.24) is 20.5 Å². The molecule has 1 unspecified atom stereocenters. The van der Waals surface area contributed by atoms with Gasteiger partial charge < -0.3 is 30.4 Å². The number of fused-ring (bicyclic) bond motifs is 5. The lowest BCUT2D eigenvalue weighted by atomic mass is 9.84. The molecule has 208 valence electrons. The van der Waals surface area contributed by atoms with E-state index in [0.29, 0.717) is 6.54 Å². The Hall–Kier alpha value is -3.56. The minimum absolute atomic E-state index is 0.0117. The minimum Gasteiger partial charge on any atom is -0.481 e. The largest absolute Gasteiger partial charge is 0.481 e. The fraction of sp³-hybridized carbons (Fsp3) is 0.571. The van der Waals surface area contributed by atoms with Crippen LogP contribution in [0.1, 0.15) is 51.5 Å². The van der Waals surface area contributed by atoms with Crippen LogP contribution in [0.3, 0.4) is 0 Å². The molecule has 3 amide bonds. The van der Waals surface area contributed by atoms with Gasteiger partial charge in [0.1, 0.15) is 6.04 Å².